The summed E-state index contributed by atoms with van der Waals surface area (Å²) < 4.78 is 39.3. The van der Waals surface area contributed by atoms with Crippen LogP contribution in [0.3, 0.4) is 0 Å². The summed E-state index contributed by atoms with van der Waals surface area (Å²) in [6.07, 6.45) is -2.62. The SMILES string of the molecule is CCNCc1c(C)cc(C)nc1-n1cc(C(F)(F)F)cn1. The molecule has 2 aromatic rings. The van der Waals surface area contributed by atoms with Crippen LogP contribution < -0.4 is 5.32 Å². The van der Waals surface area contributed by atoms with E-state index in [2.05, 4.69) is 15.4 Å². The molecule has 1 N–H and O–H groups in total. The van der Waals surface area contributed by atoms with Gasteiger partial charge in [0, 0.05) is 24.0 Å². The third-order valence-electron chi connectivity index (χ3n) is 3.13. The molecule has 0 aliphatic carbocycles. The van der Waals surface area contributed by atoms with Crippen LogP contribution in [-0.2, 0) is 12.7 Å². The van der Waals surface area contributed by atoms with Crippen LogP contribution in [0.25, 0.3) is 5.82 Å². The molecule has 4 nitrogen and oxygen atoms in total. The molecule has 114 valence electrons. The van der Waals surface area contributed by atoms with Crippen molar-refractivity contribution in [2.45, 2.75) is 33.5 Å². The van der Waals surface area contributed by atoms with E-state index in [4.69, 9.17) is 0 Å². The number of hydrogen-bond donors (Lipinski definition) is 1. The number of alkyl halides is 3. The van der Waals surface area contributed by atoms with Gasteiger partial charge in [-0.3, -0.25) is 0 Å². The first-order valence-corrected chi connectivity index (χ1v) is 6.63. The van der Waals surface area contributed by atoms with Crippen LogP contribution in [0.5, 0.6) is 0 Å². The molecule has 2 aromatic heterocycles. The van der Waals surface area contributed by atoms with E-state index in [1.807, 2.05) is 26.8 Å². The second kappa shape index (κ2) is 5.85. The number of pyridine rings is 1. The van der Waals surface area contributed by atoms with Crippen LogP contribution in [0, 0.1) is 13.8 Å². The highest BCUT2D eigenvalue weighted by molar-refractivity contribution is 5.41. The summed E-state index contributed by atoms with van der Waals surface area (Å²) in [7, 11) is 0. The lowest BCUT2D eigenvalue weighted by molar-refractivity contribution is -0.137. The molecule has 2 heterocycles. The van der Waals surface area contributed by atoms with Gasteiger partial charge in [-0.25, -0.2) is 9.67 Å². The predicted octanol–water partition coefficient (Wildman–Crippen LogP) is 3.01. The van der Waals surface area contributed by atoms with Crippen molar-refractivity contribution in [2.24, 2.45) is 0 Å². The summed E-state index contributed by atoms with van der Waals surface area (Å²) in [4.78, 5) is 4.35. The van der Waals surface area contributed by atoms with Gasteiger partial charge in [0.1, 0.15) is 0 Å². The molecule has 0 atom stereocenters. The Morgan fingerprint density at radius 2 is 2.00 bits per heavy atom. The molecular weight excluding hydrogens is 281 g/mol. The van der Waals surface area contributed by atoms with E-state index < -0.39 is 11.7 Å². The maximum atomic E-state index is 12.7. The van der Waals surface area contributed by atoms with Gasteiger partial charge in [0.15, 0.2) is 5.82 Å². The van der Waals surface area contributed by atoms with Crippen molar-refractivity contribution in [3.63, 3.8) is 0 Å². The Morgan fingerprint density at radius 3 is 2.57 bits per heavy atom. The molecule has 0 saturated heterocycles. The van der Waals surface area contributed by atoms with Gasteiger partial charge < -0.3 is 5.32 Å². The number of nitrogens with zero attached hydrogens (tertiary/aromatic N) is 3. The summed E-state index contributed by atoms with van der Waals surface area (Å²) in [6.45, 7) is 6.98. The zero-order valence-electron chi connectivity index (χ0n) is 12.1. The van der Waals surface area contributed by atoms with Gasteiger partial charge in [-0.1, -0.05) is 6.92 Å². The monoisotopic (exact) mass is 298 g/mol. The maximum Gasteiger partial charge on any atom is 0.419 e. The molecule has 0 aliphatic rings. The molecule has 0 radical (unpaired) electrons. The average Bonchev–Trinajstić information content (AvgIpc) is 2.86. The first-order valence-electron chi connectivity index (χ1n) is 6.63. The normalized spacial score (nSPS) is 11.9. The quantitative estimate of drug-likeness (QED) is 0.943. The minimum atomic E-state index is -4.40. The van der Waals surface area contributed by atoms with E-state index >= 15 is 0 Å². The van der Waals surface area contributed by atoms with Crippen molar-refractivity contribution < 1.29 is 13.2 Å². The Balaban J connectivity index is 2.49. The van der Waals surface area contributed by atoms with Crippen LogP contribution in [-0.4, -0.2) is 21.3 Å². The van der Waals surface area contributed by atoms with Crippen LogP contribution >= 0.6 is 0 Å². The Morgan fingerprint density at radius 1 is 1.29 bits per heavy atom. The van der Waals surface area contributed by atoms with Crippen LogP contribution in [0.15, 0.2) is 18.5 Å². The predicted molar refractivity (Wildman–Crippen MR) is 73.2 cm³/mol. The van der Waals surface area contributed by atoms with Crippen molar-refractivity contribution in [3.8, 4) is 5.82 Å². The largest absolute Gasteiger partial charge is 0.419 e. The van der Waals surface area contributed by atoms with E-state index in [1.54, 1.807) is 0 Å². The van der Waals surface area contributed by atoms with Gasteiger partial charge in [-0.05, 0) is 32.0 Å². The number of nitrogens with one attached hydrogen (secondary N) is 1. The minimum Gasteiger partial charge on any atom is -0.313 e. The topological polar surface area (TPSA) is 42.7 Å². The molecule has 0 spiro atoms. The first kappa shape index (κ1) is 15.5. The summed E-state index contributed by atoms with van der Waals surface area (Å²) >= 11 is 0. The van der Waals surface area contributed by atoms with Gasteiger partial charge >= 0.3 is 6.18 Å². The Labute approximate surface area is 121 Å². The molecular formula is C14H17F3N4. The van der Waals surface area contributed by atoms with Gasteiger partial charge in [0.25, 0.3) is 0 Å². The second-order valence-electron chi connectivity index (χ2n) is 4.83. The van der Waals surface area contributed by atoms with Crippen molar-refractivity contribution in [1.82, 2.24) is 20.1 Å². The summed E-state index contributed by atoms with van der Waals surface area (Å²) in [5.74, 6) is 0.434. The van der Waals surface area contributed by atoms with E-state index in [1.165, 1.54) is 4.68 Å². The molecule has 7 heteroatoms. The lowest BCUT2D eigenvalue weighted by atomic mass is 10.1. The van der Waals surface area contributed by atoms with E-state index in [-0.39, 0.29) is 0 Å². The van der Waals surface area contributed by atoms with Gasteiger partial charge in [0.2, 0.25) is 0 Å². The fraction of sp³-hybridized carbons (Fsp3) is 0.429. The molecule has 0 amide bonds. The summed E-state index contributed by atoms with van der Waals surface area (Å²) in [5.41, 5.74) is 1.78. The summed E-state index contributed by atoms with van der Waals surface area (Å²) in [6, 6.07) is 1.91. The average molecular weight is 298 g/mol. The second-order valence-corrected chi connectivity index (χ2v) is 4.83. The van der Waals surface area contributed by atoms with Crippen molar-refractivity contribution >= 4 is 0 Å². The highest BCUT2D eigenvalue weighted by Crippen LogP contribution is 2.29. The van der Waals surface area contributed by atoms with E-state index in [9.17, 15) is 13.2 Å². The fourth-order valence-corrected chi connectivity index (χ4v) is 2.09. The minimum absolute atomic E-state index is 0.434. The molecule has 0 fully saturated rings. The van der Waals surface area contributed by atoms with Gasteiger partial charge in [-0.2, -0.15) is 18.3 Å². The van der Waals surface area contributed by atoms with Crippen LogP contribution in [0.1, 0.15) is 29.3 Å². The van der Waals surface area contributed by atoms with Crippen molar-refractivity contribution in [1.29, 1.82) is 0 Å². The highest BCUT2D eigenvalue weighted by Gasteiger charge is 2.32. The zero-order chi connectivity index (χ0) is 15.6. The number of aryl methyl sites for hydroxylation is 2. The Hall–Kier alpha value is -1.89. The number of hydrogen-bond acceptors (Lipinski definition) is 3. The highest BCUT2D eigenvalue weighted by atomic mass is 19.4. The molecule has 0 saturated carbocycles. The lowest BCUT2D eigenvalue weighted by Crippen LogP contribution is -2.17. The smallest absolute Gasteiger partial charge is 0.313 e. The van der Waals surface area contributed by atoms with E-state index in [0.717, 1.165) is 35.8 Å². The third kappa shape index (κ3) is 3.41. The Bertz CT molecular complexity index is 632. The standard InChI is InChI=1S/C14H17F3N4/c1-4-18-7-12-9(2)5-10(3)20-13(12)21-8-11(6-19-21)14(15,16)17/h5-6,8,18H,4,7H2,1-3H3. The summed E-state index contributed by atoms with van der Waals surface area (Å²) in [5, 5.41) is 6.98. The number of rotatable bonds is 4. The van der Waals surface area contributed by atoms with E-state index in [0.29, 0.717) is 12.4 Å². The van der Waals surface area contributed by atoms with Crippen molar-refractivity contribution in [2.75, 3.05) is 6.54 Å². The van der Waals surface area contributed by atoms with Crippen molar-refractivity contribution in [3.05, 3.63) is 40.8 Å². The third-order valence-corrected chi connectivity index (χ3v) is 3.13. The molecule has 0 bridgehead atoms. The number of halogens is 3. The maximum absolute atomic E-state index is 12.7. The molecule has 21 heavy (non-hydrogen) atoms. The van der Waals surface area contributed by atoms with Gasteiger partial charge in [0.05, 0.1) is 11.8 Å². The fourth-order valence-electron chi connectivity index (χ4n) is 2.09. The molecule has 2 rings (SSSR count). The number of aromatic nitrogens is 3. The molecule has 0 aromatic carbocycles. The van der Waals surface area contributed by atoms with Crippen LogP contribution in [0.2, 0.25) is 0 Å². The lowest BCUT2D eigenvalue weighted by Gasteiger charge is -2.13. The molecule has 0 unspecified atom stereocenters. The van der Waals surface area contributed by atoms with Crippen LogP contribution in [0.4, 0.5) is 13.2 Å². The van der Waals surface area contributed by atoms with Gasteiger partial charge in [-0.15, -0.1) is 0 Å². The first-order chi connectivity index (χ1) is 9.82. The zero-order valence-corrected chi connectivity index (χ0v) is 12.1. The molecule has 0 aliphatic heterocycles. The Kier molecular flexibility index (Phi) is 4.32.